The summed E-state index contributed by atoms with van der Waals surface area (Å²) in [5.41, 5.74) is 8.99. The number of nitrogens with zero attached hydrogens (tertiary/aromatic N) is 2. The third kappa shape index (κ3) is 3.53. The van der Waals surface area contributed by atoms with Gasteiger partial charge < -0.3 is 15.7 Å². The van der Waals surface area contributed by atoms with E-state index in [-0.39, 0.29) is 6.61 Å². The van der Waals surface area contributed by atoms with Crippen molar-refractivity contribution < 1.29 is 5.11 Å². The van der Waals surface area contributed by atoms with Crippen LogP contribution >= 0.6 is 0 Å². The Kier molecular flexibility index (Phi) is 4.89. The Morgan fingerprint density at radius 1 is 1.16 bits per heavy atom. The van der Waals surface area contributed by atoms with Gasteiger partial charge in [0.15, 0.2) is 0 Å². The van der Waals surface area contributed by atoms with Crippen LogP contribution in [-0.2, 0) is 13.1 Å². The first-order chi connectivity index (χ1) is 9.35. The maximum absolute atomic E-state index is 9.25. The highest BCUT2D eigenvalue weighted by atomic mass is 16.3. The van der Waals surface area contributed by atoms with Gasteiger partial charge in [-0.25, -0.2) is 0 Å². The Balaban J connectivity index is 2.24. The van der Waals surface area contributed by atoms with Crippen LogP contribution in [0.1, 0.15) is 11.1 Å². The molecule has 0 aliphatic carbocycles. The Morgan fingerprint density at radius 3 is 2.63 bits per heavy atom. The van der Waals surface area contributed by atoms with Gasteiger partial charge in [0.1, 0.15) is 0 Å². The molecule has 0 radical (unpaired) electrons. The number of aliphatic hydroxyl groups is 1. The average molecular weight is 257 g/mol. The summed E-state index contributed by atoms with van der Waals surface area (Å²) in [6.45, 7) is 1.87. The minimum Gasteiger partial charge on any atom is -0.395 e. The molecule has 1 aromatic heterocycles. The average Bonchev–Trinajstić information content (AvgIpc) is 2.48. The molecule has 0 bridgehead atoms. The lowest BCUT2D eigenvalue weighted by Gasteiger charge is -2.25. The number of aliphatic hydroxyl groups excluding tert-OH is 1. The van der Waals surface area contributed by atoms with Gasteiger partial charge in [-0.15, -0.1) is 0 Å². The summed E-state index contributed by atoms with van der Waals surface area (Å²) in [6, 6.07) is 12.1. The van der Waals surface area contributed by atoms with Gasteiger partial charge in [-0.1, -0.05) is 30.3 Å². The summed E-state index contributed by atoms with van der Waals surface area (Å²) in [5, 5.41) is 9.25. The zero-order valence-electron chi connectivity index (χ0n) is 10.9. The van der Waals surface area contributed by atoms with Crippen molar-refractivity contribution in [1.29, 1.82) is 0 Å². The fourth-order valence-corrected chi connectivity index (χ4v) is 2.08. The van der Waals surface area contributed by atoms with Crippen LogP contribution in [0, 0.1) is 0 Å². The zero-order chi connectivity index (χ0) is 13.5. The number of pyridine rings is 1. The molecule has 0 aliphatic heterocycles. The molecule has 0 saturated carbocycles. The van der Waals surface area contributed by atoms with Crippen molar-refractivity contribution in [2.45, 2.75) is 13.1 Å². The van der Waals surface area contributed by atoms with Crippen LogP contribution < -0.4 is 10.6 Å². The number of hydrogen-bond donors (Lipinski definition) is 2. The van der Waals surface area contributed by atoms with Gasteiger partial charge >= 0.3 is 0 Å². The molecule has 0 fully saturated rings. The quantitative estimate of drug-likeness (QED) is 0.824. The first-order valence-corrected chi connectivity index (χ1v) is 6.38. The van der Waals surface area contributed by atoms with E-state index >= 15 is 0 Å². The Hall–Kier alpha value is -1.91. The SMILES string of the molecule is NCc1ccncc1N(CCO)Cc1ccccc1. The number of aromatic nitrogens is 1. The van der Waals surface area contributed by atoms with Gasteiger partial charge in [0.25, 0.3) is 0 Å². The normalized spacial score (nSPS) is 10.4. The van der Waals surface area contributed by atoms with Crippen molar-refractivity contribution in [2.24, 2.45) is 5.73 Å². The Morgan fingerprint density at radius 2 is 1.95 bits per heavy atom. The maximum atomic E-state index is 9.25. The highest BCUT2D eigenvalue weighted by molar-refractivity contribution is 5.52. The monoisotopic (exact) mass is 257 g/mol. The predicted molar refractivity (Wildman–Crippen MR) is 76.7 cm³/mol. The van der Waals surface area contributed by atoms with Gasteiger partial charge in [0.2, 0.25) is 0 Å². The fraction of sp³-hybridized carbons (Fsp3) is 0.267. The van der Waals surface area contributed by atoms with Crippen molar-refractivity contribution in [2.75, 3.05) is 18.1 Å². The second-order valence-corrected chi connectivity index (χ2v) is 4.34. The molecule has 1 aromatic carbocycles. The standard InChI is InChI=1S/C15H19N3O/c16-10-14-6-7-17-11-15(14)18(8-9-19)12-13-4-2-1-3-5-13/h1-7,11,19H,8-10,12,16H2. The van der Waals surface area contributed by atoms with Crippen LogP contribution in [0.5, 0.6) is 0 Å². The second-order valence-electron chi connectivity index (χ2n) is 4.34. The molecule has 19 heavy (non-hydrogen) atoms. The summed E-state index contributed by atoms with van der Waals surface area (Å²) in [7, 11) is 0. The summed E-state index contributed by atoms with van der Waals surface area (Å²) in [6.07, 6.45) is 3.55. The molecular weight excluding hydrogens is 238 g/mol. The van der Waals surface area contributed by atoms with Crippen molar-refractivity contribution >= 4 is 5.69 Å². The van der Waals surface area contributed by atoms with Crippen LogP contribution in [-0.4, -0.2) is 23.2 Å². The minimum atomic E-state index is 0.103. The van der Waals surface area contributed by atoms with E-state index in [0.29, 0.717) is 13.1 Å². The second kappa shape index (κ2) is 6.87. The molecule has 0 unspecified atom stereocenters. The number of benzene rings is 1. The lowest BCUT2D eigenvalue weighted by Crippen LogP contribution is -2.27. The van der Waals surface area contributed by atoms with Gasteiger partial charge in [-0.2, -0.15) is 0 Å². The molecule has 4 nitrogen and oxygen atoms in total. The van der Waals surface area contributed by atoms with E-state index in [9.17, 15) is 5.11 Å². The smallest absolute Gasteiger partial charge is 0.0606 e. The highest BCUT2D eigenvalue weighted by Crippen LogP contribution is 2.20. The first-order valence-electron chi connectivity index (χ1n) is 6.38. The van der Waals surface area contributed by atoms with E-state index in [4.69, 9.17) is 5.73 Å². The number of nitrogens with two attached hydrogens (primary N) is 1. The van der Waals surface area contributed by atoms with E-state index in [2.05, 4.69) is 22.0 Å². The van der Waals surface area contributed by atoms with Crippen molar-refractivity contribution in [3.63, 3.8) is 0 Å². The maximum Gasteiger partial charge on any atom is 0.0606 e. The van der Waals surface area contributed by atoms with Crippen molar-refractivity contribution in [1.82, 2.24) is 4.98 Å². The molecule has 1 heterocycles. The topological polar surface area (TPSA) is 62.4 Å². The van der Waals surface area contributed by atoms with E-state index in [1.54, 1.807) is 12.4 Å². The molecule has 0 atom stereocenters. The molecule has 0 aliphatic rings. The van der Waals surface area contributed by atoms with Crippen molar-refractivity contribution in [3.8, 4) is 0 Å². The predicted octanol–water partition coefficient (Wildman–Crippen LogP) is 1.54. The minimum absolute atomic E-state index is 0.103. The molecule has 100 valence electrons. The van der Waals surface area contributed by atoms with E-state index < -0.39 is 0 Å². The lowest BCUT2D eigenvalue weighted by atomic mass is 10.1. The number of rotatable bonds is 6. The molecule has 3 N–H and O–H groups in total. The number of anilines is 1. The Labute approximate surface area is 113 Å². The molecule has 4 heteroatoms. The molecule has 0 saturated heterocycles. The largest absolute Gasteiger partial charge is 0.395 e. The summed E-state index contributed by atoms with van der Waals surface area (Å²) in [5.74, 6) is 0. The third-order valence-corrected chi connectivity index (χ3v) is 3.03. The molecule has 2 aromatic rings. The molecule has 2 rings (SSSR count). The van der Waals surface area contributed by atoms with Gasteiger partial charge in [0.05, 0.1) is 18.5 Å². The first kappa shape index (κ1) is 13.5. The van der Waals surface area contributed by atoms with Gasteiger partial charge in [-0.3, -0.25) is 4.98 Å². The van der Waals surface area contributed by atoms with Crippen LogP contribution in [0.4, 0.5) is 5.69 Å². The van der Waals surface area contributed by atoms with Crippen LogP contribution in [0.15, 0.2) is 48.8 Å². The molecule has 0 spiro atoms. The van der Waals surface area contributed by atoms with Gasteiger partial charge in [-0.05, 0) is 17.2 Å². The third-order valence-electron chi connectivity index (χ3n) is 3.03. The number of hydrogen-bond acceptors (Lipinski definition) is 4. The van der Waals surface area contributed by atoms with Gasteiger partial charge in [0, 0.05) is 25.8 Å². The highest BCUT2D eigenvalue weighted by Gasteiger charge is 2.10. The summed E-state index contributed by atoms with van der Waals surface area (Å²) >= 11 is 0. The lowest BCUT2D eigenvalue weighted by molar-refractivity contribution is 0.301. The Bertz CT molecular complexity index is 502. The molecule has 0 amide bonds. The zero-order valence-corrected chi connectivity index (χ0v) is 10.9. The van der Waals surface area contributed by atoms with Crippen LogP contribution in [0.2, 0.25) is 0 Å². The van der Waals surface area contributed by atoms with Crippen molar-refractivity contribution in [3.05, 3.63) is 59.9 Å². The van der Waals surface area contributed by atoms with E-state index in [1.165, 1.54) is 5.56 Å². The van der Waals surface area contributed by atoms with Crippen LogP contribution in [0.3, 0.4) is 0 Å². The molecular formula is C15H19N3O. The summed E-state index contributed by atoms with van der Waals surface area (Å²) in [4.78, 5) is 6.26. The van der Waals surface area contributed by atoms with E-state index in [1.807, 2.05) is 24.3 Å². The van der Waals surface area contributed by atoms with E-state index in [0.717, 1.165) is 17.8 Å². The summed E-state index contributed by atoms with van der Waals surface area (Å²) < 4.78 is 0. The van der Waals surface area contributed by atoms with Crippen LogP contribution in [0.25, 0.3) is 0 Å². The fourth-order valence-electron chi connectivity index (χ4n) is 2.08.